The van der Waals surface area contributed by atoms with Crippen molar-refractivity contribution in [1.82, 2.24) is 20.6 Å². The zero-order chi connectivity index (χ0) is 21.3. The third kappa shape index (κ3) is 8.97. The van der Waals surface area contributed by atoms with Gasteiger partial charge in [-0.05, 0) is 37.3 Å². The van der Waals surface area contributed by atoms with E-state index in [9.17, 15) is 17.6 Å². The maximum Gasteiger partial charge on any atom is 0.433 e. The highest BCUT2D eigenvalue weighted by Crippen LogP contribution is 2.27. The molecule has 7 nitrogen and oxygen atoms in total. The lowest BCUT2D eigenvalue weighted by Gasteiger charge is -2.18. The molecule has 1 aromatic carbocycles. The summed E-state index contributed by atoms with van der Waals surface area (Å²) < 4.78 is 56.4. The van der Waals surface area contributed by atoms with Crippen molar-refractivity contribution in [3.63, 3.8) is 0 Å². The molecule has 166 valence electrons. The van der Waals surface area contributed by atoms with Crippen molar-refractivity contribution in [3.05, 3.63) is 48.0 Å². The number of hydrogen-bond donors (Lipinski definition) is 3. The van der Waals surface area contributed by atoms with Crippen LogP contribution in [0.15, 0.2) is 41.5 Å². The van der Waals surface area contributed by atoms with Gasteiger partial charge in [0.25, 0.3) is 0 Å². The molecule has 30 heavy (non-hydrogen) atoms. The molecule has 0 bridgehead atoms. The lowest BCUT2D eigenvalue weighted by molar-refractivity contribution is -0.141. The van der Waals surface area contributed by atoms with Crippen molar-refractivity contribution in [2.75, 3.05) is 32.0 Å². The number of hydrogen-bond acceptors (Lipinski definition) is 5. The molecule has 0 aliphatic heterocycles. The molecule has 1 unspecified atom stereocenters. The number of halogens is 5. The van der Waals surface area contributed by atoms with E-state index in [-0.39, 0.29) is 48.4 Å². The molecule has 0 radical (unpaired) electrons. The van der Waals surface area contributed by atoms with Gasteiger partial charge in [-0.1, -0.05) is 0 Å². The minimum Gasteiger partial charge on any atom is -0.489 e. The topological polar surface area (TPSA) is 83.5 Å². The molecule has 1 atom stereocenters. The summed E-state index contributed by atoms with van der Waals surface area (Å²) >= 11 is 0. The number of nitrogens with one attached hydrogen (secondary N) is 3. The number of benzene rings is 1. The Morgan fingerprint density at radius 1 is 1.13 bits per heavy atom. The van der Waals surface area contributed by atoms with Crippen LogP contribution in [0.2, 0.25) is 0 Å². The lowest BCUT2D eigenvalue weighted by atomic mass is 10.3. The minimum absolute atomic E-state index is 0. The Balaban J connectivity index is 0.00000450. The van der Waals surface area contributed by atoms with Gasteiger partial charge in [0, 0.05) is 26.3 Å². The second-order valence-electron chi connectivity index (χ2n) is 5.95. The highest BCUT2D eigenvalue weighted by molar-refractivity contribution is 14.0. The maximum atomic E-state index is 12.9. The quantitative estimate of drug-likeness (QED) is 0.156. The van der Waals surface area contributed by atoms with Crippen LogP contribution in [0.25, 0.3) is 0 Å². The standard InChI is InChI=1S/C18H22F4N6O.HI/c1-12(29-14-5-3-13(19)4-6-14)11-27-16(23-2)25-9-10-26-17-24-8-7-15(28-17)18(20,21)22;/h3-8,12H,9-11H2,1-2H3,(H2,23,25,27)(H,24,26,28);1H. The number of aromatic nitrogens is 2. The van der Waals surface area contributed by atoms with E-state index < -0.39 is 11.9 Å². The average molecular weight is 542 g/mol. The molecule has 1 heterocycles. The summed E-state index contributed by atoms with van der Waals surface area (Å²) in [5, 5.41) is 8.78. The van der Waals surface area contributed by atoms with Gasteiger partial charge in [0.15, 0.2) is 5.96 Å². The monoisotopic (exact) mass is 542 g/mol. The van der Waals surface area contributed by atoms with Gasteiger partial charge >= 0.3 is 6.18 Å². The van der Waals surface area contributed by atoms with Crippen LogP contribution >= 0.6 is 24.0 Å². The number of nitrogens with zero attached hydrogens (tertiary/aromatic N) is 3. The summed E-state index contributed by atoms with van der Waals surface area (Å²) in [7, 11) is 1.59. The summed E-state index contributed by atoms with van der Waals surface area (Å²) in [5.41, 5.74) is -1.00. The van der Waals surface area contributed by atoms with E-state index in [1.54, 1.807) is 19.2 Å². The van der Waals surface area contributed by atoms with E-state index in [2.05, 4.69) is 30.9 Å². The second-order valence-corrected chi connectivity index (χ2v) is 5.95. The zero-order valence-electron chi connectivity index (χ0n) is 16.3. The molecule has 12 heteroatoms. The van der Waals surface area contributed by atoms with Crippen LogP contribution in [0.5, 0.6) is 5.75 Å². The van der Waals surface area contributed by atoms with E-state index >= 15 is 0 Å². The van der Waals surface area contributed by atoms with Gasteiger partial charge in [-0.25, -0.2) is 14.4 Å². The molecule has 0 fully saturated rings. The molecule has 0 saturated carbocycles. The zero-order valence-corrected chi connectivity index (χ0v) is 18.7. The Labute approximate surface area is 188 Å². The third-order valence-electron chi connectivity index (χ3n) is 3.58. The van der Waals surface area contributed by atoms with Crippen molar-refractivity contribution >= 4 is 35.9 Å². The van der Waals surface area contributed by atoms with E-state index in [0.717, 1.165) is 12.3 Å². The van der Waals surface area contributed by atoms with E-state index in [1.807, 2.05) is 6.92 Å². The van der Waals surface area contributed by atoms with Crippen molar-refractivity contribution < 1.29 is 22.3 Å². The number of alkyl halides is 3. The fraction of sp³-hybridized carbons (Fsp3) is 0.389. The van der Waals surface area contributed by atoms with Crippen molar-refractivity contribution in [3.8, 4) is 5.75 Å². The van der Waals surface area contributed by atoms with Crippen LogP contribution in [0.4, 0.5) is 23.5 Å². The van der Waals surface area contributed by atoms with Gasteiger partial charge in [-0.2, -0.15) is 13.2 Å². The van der Waals surface area contributed by atoms with Gasteiger partial charge in [0.2, 0.25) is 5.95 Å². The first-order valence-electron chi connectivity index (χ1n) is 8.79. The summed E-state index contributed by atoms with van der Waals surface area (Å²) in [6.45, 7) is 2.92. The molecule has 0 spiro atoms. The number of aliphatic imine (C=N–C) groups is 1. The molecule has 0 saturated heterocycles. The van der Waals surface area contributed by atoms with E-state index in [4.69, 9.17) is 4.74 Å². The SMILES string of the molecule is CN=C(NCCNc1nccc(C(F)(F)F)n1)NCC(C)Oc1ccc(F)cc1.I. The van der Waals surface area contributed by atoms with Gasteiger partial charge in [0.1, 0.15) is 23.4 Å². The molecule has 1 aromatic heterocycles. The van der Waals surface area contributed by atoms with Gasteiger partial charge in [0.05, 0.1) is 6.54 Å². The Morgan fingerprint density at radius 3 is 2.47 bits per heavy atom. The molecular formula is C18H23F4IN6O. The molecule has 3 N–H and O–H groups in total. The van der Waals surface area contributed by atoms with Crippen LogP contribution in [0, 0.1) is 5.82 Å². The van der Waals surface area contributed by atoms with Crippen molar-refractivity contribution in [2.24, 2.45) is 4.99 Å². The Morgan fingerprint density at radius 2 is 1.83 bits per heavy atom. The number of ether oxygens (including phenoxy) is 1. The second kappa shape index (κ2) is 12.3. The van der Waals surface area contributed by atoms with Gasteiger partial charge in [-0.3, -0.25) is 4.99 Å². The summed E-state index contributed by atoms with van der Waals surface area (Å²) in [6, 6.07) is 6.53. The predicted octanol–water partition coefficient (Wildman–Crippen LogP) is 3.30. The molecule has 0 aliphatic carbocycles. The molecular weight excluding hydrogens is 519 g/mol. The normalized spacial score (nSPS) is 12.5. The Hall–Kier alpha value is -2.38. The third-order valence-corrected chi connectivity index (χ3v) is 3.58. The van der Waals surface area contributed by atoms with E-state index in [1.165, 1.54) is 12.1 Å². The molecule has 2 rings (SSSR count). The van der Waals surface area contributed by atoms with Crippen LogP contribution in [-0.4, -0.2) is 48.7 Å². The summed E-state index contributed by atoms with van der Waals surface area (Å²) in [6.07, 6.45) is -3.68. The number of rotatable bonds is 8. The smallest absolute Gasteiger partial charge is 0.433 e. The number of guanidine groups is 1. The highest BCUT2D eigenvalue weighted by atomic mass is 127. The molecule has 0 aliphatic rings. The average Bonchev–Trinajstić information content (AvgIpc) is 2.69. The molecule has 2 aromatic rings. The van der Waals surface area contributed by atoms with Crippen molar-refractivity contribution in [2.45, 2.75) is 19.2 Å². The first kappa shape index (κ1) is 25.7. The predicted molar refractivity (Wildman–Crippen MR) is 117 cm³/mol. The Bertz CT molecular complexity index is 804. The van der Waals surface area contributed by atoms with Crippen LogP contribution in [0.1, 0.15) is 12.6 Å². The minimum atomic E-state index is -4.52. The first-order chi connectivity index (χ1) is 13.8. The Kier molecular flexibility index (Phi) is 10.6. The van der Waals surface area contributed by atoms with Gasteiger partial charge in [-0.15, -0.1) is 24.0 Å². The van der Waals surface area contributed by atoms with Crippen molar-refractivity contribution in [1.29, 1.82) is 0 Å². The van der Waals surface area contributed by atoms with Gasteiger partial charge < -0.3 is 20.7 Å². The summed E-state index contributed by atoms with van der Waals surface area (Å²) in [4.78, 5) is 11.2. The highest BCUT2D eigenvalue weighted by Gasteiger charge is 2.32. The van der Waals surface area contributed by atoms with Crippen LogP contribution in [-0.2, 0) is 6.18 Å². The fourth-order valence-corrected chi connectivity index (χ4v) is 2.21. The van der Waals surface area contributed by atoms with Crippen LogP contribution < -0.4 is 20.7 Å². The lowest BCUT2D eigenvalue weighted by Crippen LogP contribution is -2.43. The first-order valence-corrected chi connectivity index (χ1v) is 8.79. The van der Waals surface area contributed by atoms with E-state index in [0.29, 0.717) is 24.8 Å². The largest absolute Gasteiger partial charge is 0.489 e. The number of anilines is 1. The maximum absolute atomic E-state index is 12.9. The molecule has 0 amide bonds. The van der Waals surface area contributed by atoms with Crippen LogP contribution in [0.3, 0.4) is 0 Å². The summed E-state index contributed by atoms with van der Waals surface area (Å²) in [5.74, 6) is 0.600. The fourth-order valence-electron chi connectivity index (χ4n) is 2.21.